The lowest BCUT2D eigenvalue weighted by Crippen LogP contribution is -1.98. The molecule has 1 rings (SSSR count). The minimum absolute atomic E-state index is 0.0239. The summed E-state index contributed by atoms with van der Waals surface area (Å²) in [5, 5.41) is 14.0. The second-order valence-corrected chi connectivity index (χ2v) is 3.62. The van der Waals surface area contributed by atoms with Gasteiger partial charge in [0.15, 0.2) is 0 Å². The summed E-state index contributed by atoms with van der Waals surface area (Å²) in [7, 11) is 0. The van der Waals surface area contributed by atoms with Crippen molar-refractivity contribution >= 4 is 5.69 Å². The molecule has 0 radical (unpaired) electrons. The largest absolute Gasteiger partial charge is 0.493 e. The normalized spacial score (nSPS) is 9.56. The maximum atomic E-state index is 10.5. The Morgan fingerprint density at radius 3 is 2.94 bits per heavy atom. The molecule has 0 bridgehead atoms. The number of hydrogen-bond acceptors (Lipinski definition) is 4. The summed E-state index contributed by atoms with van der Waals surface area (Å²) in [5.41, 5.74) is 8.09. The third-order valence-corrected chi connectivity index (χ3v) is 2.26. The van der Waals surface area contributed by atoms with E-state index in [4.69, 9.17) is 10.3 Å². The first-order valence-corrected chi connectivity index (χ1v) is 5.62. The molecule has 1 aromatic carbocycles. The van der Waals surface area contributed by atoms with Gasteiger partial charge < -0.3 is 4.74 Å². The van der Waals surface area contributed by atoms with E-state index in [1.54, 1.807) is 12.1 Å². The Bertz CT molecular complexity index is 444. The first-order valence-electron chi connectivity index (χ1n) is 5.62. The average molecular weight is 250 g/mol. The fraction of sp³-hybridized carbons (Fsp3) is 0.455. The summed E-state index contributed by atoms with van der Waals surface area (Å²) < 4.78 is 5.40. The summed E-state index contributed by atoms with van der Waals surface area (Å²) in [6.45, 7) is 0.991. The van der Waals surface area contributed by atoms with Crippen LogP contribution < -0.4 is 4.74 Å². The molecule has 0 saturated carbocycles. The average Bonchev–Trinajstić information content (AvgIpc) is 2.38. The second kappa shape index (κ2) is 7.92. The van der Waals surface area contributed by atoms with Crippen LogP contribution in [0.4, 0.5) is 5.69 Å². The Hall–Kier alpha value is -2.27. The van der Waals surface area contributed by atoms with Gasteiger partial charge in [0.2, 0.25) is 0 Å². The molecular weight excluding hydrogens is 236 g/mol. The Kier molecular flexibility index (Phi) is 6.07. The van der Waals surface area contributed by atoms with Crippen molar-refractivity contribution in [3.63, 3.8) is 0 Å². The molecule has 0 aromatic heterocycles. The Morgan fingerprint density at radius 2 is 2.22 bits per heavy atom. The fourth-order valence-electron chi connectivity index (χ4n) is 1.38. The molecule has 0 aliphatic rings. The van der Waals surface area contributed by atoms with Gasteiger partial charge in [-0.25, -0.2) is 0 Å². The van der Waals surface area contributed by atoms with Crippen molar-refractivity contribution < 1.29 is 9.66 Å². The molecule has 96 valence electrons. The van der Waals surface area contributed by atoms with Crippen LogP contribution in [0.5, 0.6) is 5.75 Å². The van der Waals surface area contributed by atoms with Crippen molar-refractivity contribution in [3.05, 3.63) is 44.8 Å². The van der Waals surface area contributed by atoms with E-state index in [9.17, 15) is 10.1 Å². The molecule has 0 N–H and O–H groups in total. The molecule has 1 aromatic rings. The highest BCUT2D eigenvalue weighted by Gasteiger charge is 2.05. The zero-order valence-corrected chi connectivity index (χ0v) is 9.86. The van der Waals surface area contributed by atoms with Gasteiger partial charge in [-0.1, -0.05) is 11.2 Å². The SMILES string of the molecule is [N-]=[N+]=NCCCCCOc1cccc([N+](=O)[O-])c1. The van der Waals surface area contributed by atoms with Gasteiger partial charge in [-0.2, -0.15) is 0 Å². The molecule has 0 unspecified atom stereocenters. The highest BCUT2D eigenvalue weighted by atomic mass is 16.6. The third kappa shape index (κ3) is 5.18. The predicted octanol–water partition coefficient (Wildman–Crippen LogP) is 3.45. The van der Waals surface area contributed by atoms with Crippen LogP contribution in [0.2, 0.25) is 0 Å². The van der Waals surface area contributed by atoms with E-state index in [1.165, 1.54) is 12.1 Å². The zero-order chi connectivity index (χ0) is 13.2. The Morgan fingerprint density at radius 1 is 1.39 bits per heavy atom. The van der Waals surface area contributed by atoms with Gasteiger partial charge in [-0.05, 0) is 30.9 Å². The zero-order valence-electron chi connectivity index (χ0n) is 9.86. The van der Waals surface area contributed by atoms with Gasteiger partial charge >= 0.3 is 0 Å². The number of benzene rings is 1. The van der Waals surface area contributed by atoms with Gasteiger partial charge in [-0.3, -0.25) is 10.1 Å². The molecule has 18 heavy (non-hydrogen) atoms. The van der Waals surface area contributed by atoms with Crippen molar-refractivity contribution in [2.45, 2.75) is 19.3 Å². The highest BCUT2D eigenvalue weighted by molar-refractivity contribution is 5.37. The van der Waals surface area contributed by atoms with Crippen LogP contribution in [0, 0.1) is 10.1 Å². The number of rotatable bonds is 8. The van der Waals surface area contributed by atoms with Crippen molar-refractivity contribution in [2.75, 3.05) is 13.2 Å². The minimum atomic E-state index is -0.452. The molecule has 0 amide bonds. The van der Waals surface area contributed by atoms with Crippen molar-refractivity contribution in [1.82, 2.24) is 0 Å². The number of hydrogen-bond donors (Lipinski definition) is 0. The van der Waals surface area contributed by atoms with Crippen LogP contribution in [-0.2, 0) is 0 Å². The molecule has 0 spiro atoms. The number of non-ortho nitro benzene ring substituents is 1. The first kappa shape index (κ1) is 13.8. The molecule has 0 fully saturated rings. The summed E-state index contributed by atoms with van der Waals surface area (Å²) in [5.74, 6) is 0.499. The molecule has 0 heterocycles. The second-order valence-electron chi connectivity index (χ2n) is 3.62. The Labute approximate surface area is 104 Å². The van der Waals surface area contributed by atoms with Gasteiger partial charge in [0.25, 0.3) is 5.69 Å². The maximum Gasteiger partial charge on any atom is 0.273 e. The van der Waals surface area contributed by atoms with Gasteiger partial charge in [0.05, 0.1) is 17.6 Å². The molecule has 0 saturated heterocycles. The van der Waals surface area contributed by atoms with E-state index in [0.29, 0.717) is 18.9 Å². The fourth-order valence-corrected chi connectivity index (χ4v) is 1.38. The first-order chi connectivity index (χ1) is 8.74. The number of nitro groups is 1. The van der Waals surface area contributed by atoms with E-state index >= 15 is 0 Å². The monoisotopic (exact) mass is 250 g/mol. The molecule has 0 aliphatic carbocycles. The number of azide groups is 1. The van der Waals surface area contributed by atoms with Crippen molar-refractivity contribution in [3.8, 4) is 5.75 Å². The molecular formula is C11H14N4O3. The predicted molar refractivity (Wildman–Crippen MR) is 66.5 cm³/mol. The topological polar surface area (TPSA) is 101 Å². The van der Waals surface area contributed by atoms with Crippen molar-refractivity contribution in [2.24, 2.45) is 5.11 Å². The van der Waals surface area contributed by atoms with Crippen molar-refractivity contribution in [1.29, 1.82) is 0 Å². The van der Waals surface area contributed by atoms with Gasteiger partial charge in [0, 0.05) is 17.5 Å². The summed E-state index contributed by atoms with van der Waals surface area (Å²) >= 11 is 0. The number of unbranched alkanes of at least 4 members (excludes halogenated alkanes) is 2. The van der Waals surface area contributed by atoms with Gasteiger partial charge in [-0.15, -0.1) is 0 Å². The molecule has 7 nitrogen and oxygen atoms in total. The van der Waals surface area contributed by atoms with Crippen LogP contribution in [0.3, 0.4) is 0 Å². The lowest BCUT2D eigenvalue weighted by Gasteiger charge is -2.05. The van der Waals surface area contributed by atoms with E-state index in [2.05, 4.69) is 10.0 Å². The molecule has 7 heteroatoms. The standard InChI is InChI=1S/C11H14N4O3/c12-14-13-7-2-1-3-8-18-11-6-4-5-10(9-11)15(16)17/h4-6,9H,1-3,7-8H2. The summed E-state index contributed by atoms with van der Waals surface area (Å²) in [6.07, 6.45) is 2.54. The highest BCUT2D eigenvalue weighted by Crippen LogP contribution is 2.19. The molecule has 0 aliphatic heterocycles. The third-order valence-electron chi connectivity index (χ3n) is 2.26. The number of nitro benzene ring substituents is 1. The smallest absolute Gasteiger partial charge is 0.273 e. The van der Waals surface area contributed by atoms with Crippen LogP contribution >= 0.6 is 0 Å². The number of nitrogens with zero attached hydrogens (tertiary/aromatic N) is 4. The quantitative estimate of drug-likeness (QED) is 0.176. The summed E-state index contributed by atoms with van der Waals surface area (Å²) in [4.78, 5) is 12.7. The van der Waals surface area contributed by atoms with E-state index in [-0.39, 0.29) is 5.69 Å². The maximum absolute atomic E-state index is 10.5. The number of ether oxygens (including phenoxy) is 1. The van der Waals surface area contributed by atoms with E-state index < -0.39 is 4.92 Å². The van der Waals surface area contributed by atoms with Gasteiger partial charge in [0.1, 0.15) is 5.75 Å². The Balaban J connectivity index is 2.24. The van der Waals surface area contributed by atoms with Crippen LogP contribution in [0.1, 0.15) is 19.3 Å². The minimum Gasteiger partial charge on any atom is -0.493 e. The van der Waals surface area contributed by atoms with E-state index in [1.807, 2.05) is 0 Å². The van der Waals surface area contributed by atoms with Crippen LogP contribution in [-0.4, -0.2) is 18.1 Å². The van der Waals surface area contributed by atoms with E-state index in [0.717, 1.165) is 19.3 Å². The van der Waals surface area contributed by atoms with Crippen LogP contribution in [0.15, 0.2) is 29.4 Å². The lowest BCUT2D eigenvalue weighted by molar-refractivity contribution is -0.384. The molecule has 0 atom stereocenters. The lowest BCUT2D eigenvalue weighted by atomic mass is 10.2. The summed E-state index contributed by atoms with van der Waals surface area (Å²) in [6, 6.07) is 6.11. The van der Waals surface area contributed by atoms with Crippen LogP contribution in [0.25, 0.3) is 10.4 Å².